The molecule has 8 heteroatoms. The van der Waals surface area contributed by atoms with Gasteiger partial charge in [0.2, 0.25) is 6.21 Å². The molecule has 0 unspecified atom stereocenters. The first-order valence-corrected chi connectivity index (χ1v) is 4.61. The maximum atomic E-state index is 10.5. The number of H-pyrrole nitrogens is 1. The Kier molecular flexibility index (Phi) is 7.63. The van der Waals surface area contributed by atoms with Crippen LogP contribution in [0.2, 0.25) is 0 Å². The van der Waals surface area contributed by atoms with Gasteiger partial charge in [-0.3, -0.25) is 0 Å². The second-order valence-corrected chi connectivity index (χ2v) is 2.65. The lowest BCUT2D eigenvalue weighted by Crippen LogP contribution is -2.37. The molecule has 0 aliphatic carbocycles. The van der Waals surface area contributed by atoms with Crippen LogP contribution in [0.3, 0.4) is 0 Å². The Balaban J connectivity index is 0.000000243. The summed E-state index contributed by atoms with van der Waals surface area (Å²) < 4.78 is 31.5. The first-order valence-electron chi connectivity index (χ1n) is 4.61. The van der Waals surface area contributed by atoms with E-state index in [4.69, 9.17) is 9.90 Å². The van der Waals surface area contributed by atoms with Crippen molar-refractivity contribution in [1.82, 2.24) is 10.3 Å². The minimum absolute atomic E-state index is 0.747. The number of aromatic nitrogens is 1. The number of nitrogens with one attached hydrogen (secondary N) is 2. The fraction of sp³-hybridized carbons (Fsp3) is 0.200. The summed E-state index contributed by atoms with van der Waals surface area (Å²) in [5.74, 6) is -3.01. The van der Waals surface area contributed by atoms with Crippen molar-refractivity contribution < 1.29 is 23.1 Å². The lowest BCUT2D eigenvalue weighted by Gasteiger charge is -2.03. The third kappa shape index (κ3) is 10.2. The predicted molar refractivity (Wildman–Crippen MR) is 56.4 cm³/mol. The third-order valence-electron chi connectivity index (χ3n) is 1.27. The van der Waals surface area contributed by atoms with Gasteiger partial charge in [-0.05, 0) is 17.1 Å². The van der Waals surface area contributed by atoms with Crippen molar-refractivity contribution >= 4 is 12.2 Å². The van der Waals surface area contributed by atoms with Crippen LogP contribution >= 0.6 is 0 Å². The van der Waals surface area contributed by atoms with Gasteiger partial charge in [0.05, 0.1) is 0 Å². The van der Waals surface area contributed by atoms with Gasteiger partial charge in [0.25, 0.3) is 0 Å². The number of aliphatic carboxylic acids is 1. The Hall–Kier alpha value is -2.34. The van der Waals surface area contributed by atoms with E-state index < -0.39 is 12.1 Å². The van der Waals surface area contributed by atoms with Gasteiger partial charge >= 0.3 is 6.18 Å². The maximum Gasteiger partial charge on any atom is 0.430 e. The Morgan fingerprint density at radius 2 is 1.89 bits per heavy atom. The Morgan fingerprint density at radius 1 is 1.33 bits per heavy atom. The summed E-state index contributed by atoms with van der Waals surface area (Å²) in [5, 5.41) is 11.7. The van der Waals surface area contributed by atoms with Crippen LogP contribution in [0.1, 0.15) is 0 Å². The molecule has 0 bridgehead atoms. The van der Waals surface area contributed by atoms with Crippen molar-refractivity contribution in [1.29, 1.82) is 0 Å². The quantitative estimate of drug-likeness (QED) is 0.660. The van der Waals surface area contributed by atoms with Crippen LogP contribution in [0.5, 0.6) is 0 Å². The topological polar surface area (TPSA) is 80.3 Å². The highest BCUT2D eigenvalue weighted by molar-refractivity contribution is 5.70. The van der Waals surface area contributed by atoms with Crippen molar-refractivity contribution in [3.05, 3.63) is 36.9 Å². The van der Waals surface area contributed by atoms with Crippen LogP contribution in [0.4, 0.5) is 13.2 Å². The van der Waals surface area contributed by atoms with Crippen LogP contribution in [0.25, 0.3) is 0 Å². The Labute approximate surface area is 101 Å². The van der Waals surface area contributed by atoms with Gasteiger partial charge < -0.3 is 20.2 Å². The van der Waals surface area contributed by atoms with Gasteiger partial charge in [-0.25, -0.2) is 0 Å². The smallest absolute Gasteiger partial charge is 0.430 e. The molecule has 5 nitrogen and oxygen atoms in total. The van der Waals surface area contributed by atoms with Crippen LogP contribution in [0, 0.1) is 0 Å². The monoisotopic (exact) mass is 261 g/mol. The zero-order valence-corrected chi connectivity index (χ0v) is 9.07. The highest BCUT2D eigenvalue weighted by Gasteiger charge is 2.28. The third-order valence-corrected chi connectivity index (χ3v) is 1.27. The van der Waals surface area contributed by atoms with E-state index in [1.807, 2.05) is 24.5 Å². The van der Waals surface area contributed by atoms with E-state index in [1.165, 1.54) is 0 Å². The number of carbonyl (C=O) groups is 1. The molecule has 1 aliphatic rings. The summed E-state index contributed by atoms with van der Waals surface area (Å²) in [7, 11) is 0. The summed E-state index contributed by atoms with van der Waals surface area (Å²) in [6.45, 7) is 0.747. The first kappa shape index (κ1) is 15.7. The molecule has 2 N–H and O–H groups in total. The fourth-order valence-electron chi connectivity index (χ4n) is 0.571. The molecule has 0 aromatic carbocycles. The molecule has 18 heavy (non-hydrogen) atoms. The Bertz CT molecular complexity index is 343. The van der Waals surface area contributed by atoms with Gasteiger partial charge in [0.1, 0.15) is 12.2 Å². The maximum absolute atomic E-state index is 10.5. The van der Waals surface area contributed by atoms with Crippen molar-refractivity contribution in [3.8, 4) is 0 Å². The number of nitrogens with zero attached hydrogens (tertiary/aromatic N) is 1. The van der Waals surface area contributed by atoms with E-state index in [-0.39, 0.29) is 0 Å². The van der Waals surface area contributed by atoms with E-state index in [9.17, 15) is 13.2 Å². The number of carboxylic acid groups (broad SMARTS) is 1. The molecule has 0 saturated carbocycles. The van der Waals surface area contributed by atoms with E-state index in [2.05, 4.69) is 21.5 Å². The largest absolute Gasteiger partial charge is 0.542 e. The SMILES string of the molecule is O=C([O-])C(F)(F)F.[C+]1=NC=CNC1.c1cc[nH]c1. The zero-order valence-electron chi connectivity index (χ0n) is 9.07. The second kappa shape index (κ2) is 8.77. The molecule has 0 atom stereocenters. The summed E-state index contributed by atoms with van der Waals surface area (Å²) >= 11 is 0. The van der Waals surface area contributed by atoms with Crippen LogP contribution in [-0.4, -0.2) is 29.9 Å². The van der Waals surface area contributed by atoms with Crippen LogP contribution < -0.4 is 10.4 Å². The van der Waals surface area contributed by atoms with Gasteiger partial charge in [-0.2, -0.15) is 13.2 Å². The number of alkyl halides is 3. The lowest BCUT2D eigenvalue weighted by atomic mass is 10.6. The van der Waals surface area contributed by atoms with Crippen LogP contribution in [-0.2, 0) is 4.79 Å². The number of carbonyl (C=O) groups excluding carboxylic acids is 1. The second-order valence-electron chi connectivity index (χ2n) is 2.65. The first-order chi connectivity index (χ1) is 8.44. The molecule has 1 aliphatic heterocycles. The molecular weight excluding hydrogens is 251 g/mol. The zero-order chi connectivity index (χ0) is 13.9. The number of hydrogen-bond donors (Lipinski definition) is 2. The highest BCUT2D eigenvalue weighted by Crippen LogP contribution is 2.11. The van der Waals surface area contributed by atoms with Crippen molar-refractivity contribution in [2.75, 3.05) is 6.54 Å². The molecule has 1 aromatic heterocycles. The van der Waals surface area contributed by atoms with E-state index in [1.54, 1.807) is 12.4 Å². The van der Waals surface area contributed by atoms with Crippen molar-refractivity contribution in [3.63, 3.8) is 0 Å². The number of aromatic amines is 1. The molecule has 2 rings (SSSR count). The van der Waals surface area contributed by atoms with Gasteiger partial charge in [-0.1, -0.05) is 0 Å². The standard InChI is InChI=1S/C4H5N2.C4H5N.C2HF3O2/c1-2-6-4-3-5-1;1-2-4-5-3-1;3-2(4,5)1(6)7/h1-2,5H,3H2;1-5H;(H,6,7)/q+1;;/p-1. The lowest BCUT2D eigenvalue weighted by molar-refractivity contribution is -0.344. The van der Waals surface area contributed by atoms with Crippen LogP contribution in [0.15, 0.2) is 41.9 Å². The number of aliphatic imine (C=N–C) groups is 1. The molecule has 0 spiro atoms. The minimum atomic E-state index is -5.19. The summed E-state index contributed by atoms with van der Waals surface area (Å²) in [6.07, 6.45) is 4.73. The average molecular weight is 261 g/mol. The normalized spacial score (nSPS) is 11.9. The number of carboxylic acids is 1. The Morgan fingerprint density at radius 3 is 2.00 bits per heavy atom. The van der Waals surface area contributed by atoms with Crippen molar-refractivity contribution in [2.45, 2.75) is 6.18 Å². The number of hydrogen-bond acceptors (Lipinski definition) is 4. The summed E-state index contributed by atoms with van der Waals surface area (Å²) in [6, 6.07) is 3.89. The molecule has 0 amide bonds. The highest BCUT2D eigenvalue weighted by atomic mass is 19.4. The summed E-state index contributed by atoms with van der Waals surface area (Å²) in [4.78, 5) is 15.3. The van der Waals surface area contributed by atoms with E-state index in [0.717, 1.165) is 6.54 Å². The molecule has 1 aromatic rings. The molecule has 2 heterocycles. The minimum Gasteiger partial charge on any atom is -0.542 e. The summed E-state index contributed by atoms with van der Waals surface area (Å²) in [5.41, 5.74) is 0. The molecule has 0 fully saturated rings. The van der Waals surface area contributed by atoms with E-state index >= 15 is 0 Å². The molecule has 0 saturated heterocycles. The number of rotatable bonds is 0. The molecule has 98 valence electrons. The van der Waals surface area contributed by atoms with E-state index in [0.29, 0.717) is 0 Å². The molecule has 0 radical (unpaired) electrons. The van der Waals surface area contributed by atoms with Gasteiger partial charge in [0.15, 0.2) is 12.7 Å². The van der Waals surface area contributed by atoms with Crippen molar-refractivity contribution in [2.24, 2.45) is 4.99 Å². The fourth-order valence-corrected chi connectivity index (χ4v) is 0.571. The van der Waals surface area contributed by atoms with Gasteiger partial charge in [-0.15, -0.1) is 0 Å². The average Bonchev–Trinajstić information content (AvgIpc) is 2.89. The molecular formula is C10H10F3N3O2. The number of halogens is 3. The predicted octanol–water partition coefficient (Wildman–Crippen LogP) is 0.322. The van der Waals surface area contributed by atoms with Gasteiger partial charge in [0, 0.05) is 12.4 Å².